The molecule has 21 heavy (non-hydrogen) atoms. The van der Waals surface area contributed by atoms with Crippen LogP contribution in [0.2, 0.25) is 0 Å². The molecular formula is C17H19BrFNO. The van der Waals surface area contributed by atoms with E-state index in [0.717, 1.165) is 22.0 Å². The third-order valence-corrected chi connectivity index (χ3v) is 4.31. The highest BCUT2D eigenvalue weighted by Crippen LogP contribution is 2.26. The van der Waals surface area contributed by atoms with Crippen molar-refractivity contribution in [3.8, 4) is 0 Å². The summed E-state index contributed by atoms with van der Waals surface area (Å²) in [5.41, 5.74) is 2.17. The zero-order chi connectivity index (χ0) is 15.2. The van der Waals surface area contributed by atoms with Crippen molar-refractivity contribution in [2.45, 2.75) is 18.6 Å². The first-order chi connectivity index (χ1) is 10.2. The second-order valence-electron chi connectivity index (χ2n) is 4.90. The molecule has 2 aromatic carbocycles. The Hall–Kier alpha value is -1.23. The van der Waals surface area contributed by atoms with Crippen molar-refractivity contribution in [1.29, 1.82) is 0 Å². The molecule has 112 valence electrons. The maximum absolute atomic E-state index is 13.2. The van der Waals surface area contributed by atoms with E-state index in [2.05, 4.69) is 33.4 Å². The number of likely N-dealkylation sites (N-methyl/N-ethyl adjacent to an activating group) is 1. The molecule has 4 heteroatoms. The summed E-state index contributed by atoms with van der Waals surface area (Å²) >= 11 is 3.42. The fraction of sp³-hybridized carbons (Fsp3) is 0.294. The van der Waals surface area contributed by atoms with E-state index in [1.165, 1.54) is 12.1 Å². The Morgan fingerprint density at radius 3 is 2.48 bits per heavy atom. The van der Waals surface area contributed by atoms with E-state index in [0.29, 0.717) is 0 Å². The molecular weight excluding hydrogens is 333 g/mol. The SMILES string of the molecule is CNC(Cc1ccc(F)cc1Br)C(OC)c1ccccc1. The van der Waals surface area contributed by atoms with Gasteiger partial charge in [0.15, 0.2) is 0 Å². The molecule has 0 spiro atoms. The average Bonchev–Trinajstić information content (AvgIpc) is 2.50. The zero-order valence-electron chi connectivity index (χ0n) is 12.1. The van der Waals surface area contributed by atoms with Crippen LogP contribution in [-0.2, 0) is 11.2 Å². The normalized spacial score (nSPS) is 13.9. The smallest absolute Gasteiger partial charge is 0.124 e. The van der Waals surface area contributed by atoms with Gasteiger partial charge in [0.25, 0.3) is 0 Å². The van der Waals surface area contributed by atoms with Gasteiger partial charge >= 0.3 is 0 Å². The predicted molar refractivity (Wildman–Crippen MR) is 86.8 cm³/mol. The van der Waals surface area contributed by atoms with Gasteiger partial charge in [-0.3, -0.25) is 0 Å². The van der Waals surface area contributed by atoms with Gasteiger partial charge in [0, 0.05) is 17.6 Å². The van der Waals surface area contributed by atoms with Gasteiger partial charge in [-0.1, -0.05) is 52.3 Å². The van der Waals surface area contributed by atoms with Crippen molar-refractivity contribution in [1.82, 2.24) is 5.32 Å². The van der Waals surface area contributed by atoms with Crippen LogP contribution in [0.3, 0.4) is 0 Å². The molecule has 0 aromatic heterocycles. The van der Waals surface area contributed by atoms with Gasteiger partial charge in [0.1, 0.15) is 5.82 Å². The van der Waals surface area contributed by atoms with Crippen molar-refractivity contribution < 1.29 is 9.13 Å². The number of methoxy groups -OCH3 is 1. The van der Waals surface area contributed by atoms with Crippen LogP contribution in [0.5, 0.6) is 0 Å². The van der Waals surface area contributed by atoms with Gasteiger partial charge < -0.3 is 10.1 Å². The lowest BCUT2D eigenvalue weighted by molar-refractivity contribution is 0.0703. The third-order valence-electron chi connectivity index (χ3n) is 3.57. The topological polar surface area (TPSA) is 21.3 Å². The Bertz CT molecular complexity index is 576. The summed E-state index contributed by atoms with van der Waals surface area (Å²) in [5.74, 6) is -0.238. The largest absolute Gasteiger partial charge is 0.375 e. The minimum Gasteiger partial charge on any atom is -0.375 e. The molecule has 0 bridgehead atoms. The molecule has 2 atom stereocenters. The predicted octanol–water partition coefficient (Wildman–Crippen LogP) is 4.11. The van der Waals surface area contributed by atoms with Crippen molar-refractivity contribution in [2.24, 2.45) is 0 Å². The highest BCUT2D eigenvalue weighted by Gasteiger charge is 2.22. The van der Waals surface area contributed by atoms with Crippen LogP contribution in [0.25, 0.3) is 0 Å². The molecule has 1 N–H and O–H groups in total. The molecule has 2 unspecified atom stereocenters. The minimum absolute atomic E-state index is 0.0619. The Labute approximate surface area is 133 Å². The van der Waals surface area contributed by atoms with E-state index in [9.17, 15) is 4.39 Å². The van der Waals surface area contributed by atoms with Gasteiger partial charge in [-0.05, 0) is 36.7 Å². The fourth-order valence-corrected chi connectivity index (χ4v) is 2.97. The minimum atomic E-state index is -0.238. The summed E-state index contributed by atoms with van der Waals surface area (Å²) in [6.45, 7) is 0. The van der Waals surface area contributed by atoms with Gasteiger partial charge in [-0.15, -0.1) is 0 Å². The molecule has 0 saturated heterocycles. The van der Waals surface area contributed by atoms with E-state index in [1.807, 2.05) is 31.3 Å². The molecule has 2 nitrogen and oxygen atoms in total. The van der Waals surface area contributed by atoms with Crippen LogP contribution < -0.4 is 5.32 Å². The quantitative estimate of drug-likeness (QED) is 0.845. The summed E-state index contributed by atoms with van der Waals surface area (Å²) in [4.78, 5) is 0. The first-order valence-corrected chi connectivity index (χ1v) is 7.64. The summed E-state index contributed by atoms with van der Waals surface area (Å²) in [6, 6.07) is 15.0. The van der Waals surface area contributed by atoms with Gasteiger partial charge in [0.2, 0.25) is 0 Å². The van der Waals surface area contributed by atoms with E-state index in [1.54, 1.807) is 7.11 Å². The van der Waals surface area contributed by atoms with Crippen molar-refractivity contribution >= 4 is 15.9 Å². The van der Waals surface area contributed by atoms with Crippen molar-refractivity contribution in [2.75, 3.05) is 14.2 Å². The second kappa shape index (κ2) is 7.69. The Balaban J connectivity index is 2.22. The second-order valence-corrected chi connectivity index (χ2v) is 5.76. The summed E-state index contributed by atoms with van der Waals surface area (Å²) < 4.78 is 19.6. The first kappa shape index (κ1) is 16.1. The molecule has 0 heterocycles. The van der Waals surface area contributed by atoms with Crippen molar-refractivity contribution in [3.05, 3.63) is 69.9 Å². The maximum Gasteiger partial charge on any atom is 0.124 e. The molecule has 0 saturated carbocycles. The average molecular weight is 352 g/mol. The van der Waals surface area contributed by atoms with E-state index in [-0.39, 0.29) is 18.0 Å². The molecule has 0 fully saturated rings. The van der Waals surface area contributed by atoms with Crippen LogP contribution in [0, 0.1) is 5.82 Å². The van der Waals surface area contributed by atoms with Crippen LogP contribution in [0.4, 0.5) is 4.39 Å². The number of nitrogens with one attached hydrogen (secondary N) is 1. The number of ether oxygens (including phenoxy) is 1. The monoisotopic (exact) mass is 351 g/mol. The highest BCUT2D eigenvalue weighted by atomic mass is 79.9. The lowest BCUT2D eigenvalue weighted by Gasteiger charge is -2.26. The molecule has 0 aliphatic heterocycles. The molecule has 2 aromatic rings. The summed E-state index contributed by atoms with van der Waals surface area (Å²) in [7, 11) is 3.62. The number of hydrogen-bond acceptors (Lipinski definition) is 2. The Morgan fingerprint density at radius 2 is 1.90 bits per heavy atom. The molecule has 2 rings (SSSR count). The fourth-order valence-electron chi connectivity index (χ4n) is 2.46. The number of hydrogen-bond donors (Lipinski definition) is 1. The van der Waals surface area contributed by atoms with Crippen LogP contribution >= 0.6 is 15.9 Å². The van der Waals surface area contributed by atoms with E-state index >= 15 is 0 Å². The van der Waals surface area contributed by atoms with E-state index in [4.69, 9.17) is 4.74 Å². The van der Waals surface area contributed by atoms with Gasteiger partial charge in [-0.2, -0.15) is 0 Å². The standard InChI is InChI=1S/C17H19BrFNO/c1-20-16(10-13-8-9-14(19)11-15(13)18)17(21-2)12-6-4-3-5-7-12/h3-9,11,16-17,20H,10H2,1-2H3. The number of halogens is 2. The van der Waals surface area contributed by atoms with Gasteiger partial charge in [-0.25, -0.2) is 4.39 Å². The molecule has 0 radical (unpaired) electrons. The molecule has 0 aliphatic rings. The highest BCUT2D eigenvalue weighted by molar-refractivity contribution is 9.10. The lowest BCUT2D eigenvalue weighted by atomic mass is 9.96. The van der Waals surface area contributed by atoms with Crippen LogP contribution in [-0.4, -0.2) is 20.2 Å². The van der Waals surface area contributed by atoms with Crippen molar-refractivity contribution in [3.63, 3.8) is 0 Å². The Morgan fingerprint density at radius 1 is 1.19 bits per heavy atom. The van der Waals surface area contributed by atoms with Gasteiger partial charge in [0.05, 0.1) is 6.10 Å². The summed E-state index contributed by atoms with van der Waals surface area (Å²) in [6.07, 6.45) is 0.679. The molecule has 0 amide bonds. The van der Waals surface area contributed by atoms with Crippen LogP contribution in [0.1, 0.15) is 17.2 Å². The molecule has 0 aliphatic carbocycles. The zero-order valence-corrected chi connectivity index (χ0v) is 13.7. The lowest BCUT2D eigenvalue weighted by Crippen LogP contribution is -2.35. The van der Waals surface area contributed by atoms with E-state index < -0.39 is 0 Å². The third kappa shape index (κ3) is 4.13. The first-order valence-electron chi connectivity index (χ1n) is 6.84. The summed E-state index contributed by atoms with van der Waals surface area (Å²) in [5, 5.41) is 3.30. The maximum atomic E-state index is 13.2. The number of benzene rings is 2. The number of rotatable bonds is 6. The Kier molecular flexibility index (Phi) is 5.91. The van der Waals surface area contributed by atoms with Crippen LogP contribution in [0.15, 0.2) is 53.0 Å².